The van der Waals surface area contributed by atoms with Crippen LogP contribution in [0.1, 0.15) is 40.2 Å². The zero-order valence-corrected chi connectivity index (χ0v) is 13.8. The Balaban J connectivity index is 1.92. The molecule has 136 valence electrons. The Bertz CT molecular complexity index is 1040. The van der Waals surface area contributed by atoms with E-state index in [0.29, 0.717) is 0 Å². The van der Waals surface area contributed by atoms with Crippen molar-refractivity contribution in [3.05, 3.63) is 63.4 Å². The molecule has 0 bridgehead atoms. The Kier molecular flexibility index (Phi) is 4.31. The fourth-order valence-electron chi connectivity index (χ4n) is 2.66. The molecule has 3 rings (SSSR count). The molecule has 2 N–H and O–H groups in total. The largest absolute Gasteiger partial charge is 0.442 e. The number of nitrogens with one attached hydrogen (secondary N) is 2. The van der Waals surface area contributed by atoms with Gasteiger partial charge in [0.1, 0.15) is 11.1 Å². The van der Waals surface area contributed by atoms with Crippen molar-refractivity contribution < 1.29 is 22.4 Å². The predicted molar refractivity (Wildman–Crippen MR) is 86.7 cm³/mol. The van der Waals surface area contributed by atoms with E-state index in [-0.39, 0.29) is 28.0 Å². The van der Waals surface area contributed by atoms with Gasteiger partial charge in [0.15, 0.2) is 0 Å². The number of benzene rings is 1. The number of amides is 1. The second-order valence-electron chi connectivity index (χ2n) is 5.76. The first-order chi connectivity index (χ1) is 12.2. The summed E-state index contributed by atoms with van der Waals surface area (Å²) in [4.78, 5) is 30.8. The van der Waals surface area contributed by atoms with Gasteiger partial charge in [0.05, 0.1) is 23.5 Å². The Morgan fingerprint density at radius 1 is 1.35 bits per heavy atom. The van der Waals surface area contributed by atoms with Gasteiger partial charge in [0, 0.05) is 0 Å². The van der Waals surface area contributed by atoms with E-state index in [2.05, 4.69) is 15.3 Å². The zero-order chi connectivity index (χ0) is 19.1. The van der Waals surface area contributed by atoms with E-state index < -0.39 is 29.2 Å². The van der Waals surface area contributed by atoms with Crippen LogP contribution in [-0.4, -0.2) is 15.9 Å². The molecule has 0 aliphatic carbocycles. The minimum atomic E-state index is -4.48. The van der Waals surface area contributed by atoms with Crippen LogP contribution in [0.15, 0.2) is 39.8 Å². The Labute approximate surface area is 145 Å². The predicted octanol–water partition coefficient (Wildman–Crippen LogP) is 3.33. The highest BCUT2D eigenvalue weighted by Gasteiger charge is 2.31. The number of nitrogens with zero attached hydrogens (tertiary/aromatic N) is 1. The molecule has 0 aliphatic heterocycles. The summed E-state index contributed by atoms with van der Waals surface area (Å²) >= 11 is 0. The van der Waals surface area contributed by atoms with Crippen LogP contribution in [0.3, 0.4) is 0 Å². The van der Waals surface area contributed by atoms with Gasteiger partial charge in [0.2, 0.25) is 5.71 Å². The first kappa shape index (κ1) is 17.7. The number of rotatable bonds is 3. The quantitative estimate of drug-likeness (QED) is 0.745. The monoisotopic (exact) mass is 365 g/mol. The van der Waals surface area contributed by atoms with Gasteiger partial charge in [-0.3, -0.25) is 9.59 Å². The van der Waals surface area contributed by atoms with Crippen LogP contribution in [0.25, 0.3) is 11.1 Å². The molecule has 3 aromatic rings. The third-order valence-electron chi connectivity index (χ3n) is 3.96. The SMILES string of the molecule is Cc1oc2nc[nH]c(=O)c2c1C(=O)N[C@@H](C)c1cccc(C(F)(F)F)c1. The minimum absolute atomic E-state index is 0.00116. The van der Waals surface area contributed by atoms with E-state index >= 15 is 0 Å². The number of H-pyrrole nitrogens is 1. The third kappa shape index (κ3) is 3.19. The van der Waals surface area contributed by atoms with Gasteiger partial charge in [-0.05, 0) is 31.5 Å². The van der Waals surface area contributed by atoms with Crippen LogP contribution in [0.2, 0.25) is 0 Å². The molecule has 0 unspecified atom stereocenters. The highest BCUT2D eigenvalue weighted by molar-refractivity contribution is 6.06. The summed E-state index contributed by atoms with van der Waals surface area (Å²) in [6.45, 7) is 3.05. The lowest BCUT2D eigenvalue weighted by atomic mass is 10.0. The lowest BCUT2D eigenvalue weighted by Crippen LogP contribution is -2.28. The molecule has 0 saturated heterocycles. The first-order valence-corrected chi connectivity index (χ1v) is 7.63. The first-order valence-electron chi connectivity index (χ1n) is 7.63. The van der Waals surface area contributed by atoms with Gasteiger partial charge >= 0.3 is 6.18 Å². The third-order valence-corrected chi connectivity index (χ3v) is 3.96. The van der Waals surface area contributed by atoms with Crippen LogP contribution in [0, 0.1) is 6.92 Å². The number of aryl methyl sites for hydroxylation is 1. The minimum Gasteiger partial charge on any atom is -0.442 e. The number of fused-ring (bicyclic) bond motifs is 1. The van der Waals surface area contributed by atoms with Crippen molar-refractivity contribution in [2.24, 2.45) is 0 Å². The second kappa shape index (κ2) is 6.32. The molecule has 0 fully saturated rings. The normalized spacial score (nSPS) is 13.0. The molecule has 2 aromatic heterocycles. The average Bonchev–Trinajstić information content (AvgIpc) is 2.91. The van der Waals surface area contributed by atoms with E-state index in [1.165, 1.54) is 19.1 Å². The van der Waals surface area contributed by atoms with E-state index in [1.807, 2.05) is 0 Å². The summed E-state index contributed by atoms with van der Waals surface area (Å²) in [6.07, 6.45) is -3.32. The second-order valence-corrected chi connectivity index (χ2v) is 5.76. The lowest BCUT2D eigenvalue weighted by molar-refractivity contribution is -0.137. The number of carbonyl (C=O) groups is 1. The average molecular weight is 365 g/mol. The standard InChI is InChI=1S/C17H14F3N3O3/c1-8(10-4-3-5-11(6-10)17(18,19)20)23-15(25)12-9(2)26-16-13(12)14(24)21-7-22-16/h3-8H,1-2H3,(H,23,25)(H,21,22,24)/t8-/m0/s1. The molecule has 0 saturated carbocycles. The molecule has 0 radical (unpaired) electrons. The smallest absolute Gasteiger partial charge is 0.416 e. The van der Waals surface area contributed by atoms with E-state index in [4.69, 9.17) is 4.42 Å². The lowest BCUT2D eigenvalue weighted by Gasteiger charge is -2.16. The van der Waals surface area contributed by atoms with Gasteiger partial charge in [-0.2, -0.15) is 13.2 Å². The van der Waals surface area contributed by atoms with E-state index in [0.717, 1.165) is 18.5 Å². The number of furan rings is 1. The molecule has 1 amide bonds. The Morgan fingerprint density at radius 3 is 2.77 bits per heavy atom. The molecule has 9 heteroatoms. The highest BCUT2D eigenvalue weighted by atomic mass is 19.4. The summed E-state index contributed by atoms with van der Waals surface area (Å²) in [7, 11) is 0. The van der Waals surface area contributed by atoms with E-state index in [1.54, 1.807) is 6.92 Å². The highest BCUT2D eigenvalue weighted by Crippen LogP contribution is 2.31. The number of aromatic amines is 1. The maximum Gasteiger partial charge on any atom is 0.416 e. The fraction of sp³-hybridized carbons (Fsp3) is 0.235. The van der Waals surface area contributed by atoms with E-state index in [9.17, 15) is 22.8 Å². The molecule has 1 atom stereocenters. The number of hydrogen-bond acceptors (Lipinski definition) is 4. The molecular weight excluding hydrogens is 351 g/mol. The molecule has 0 spiro atoms. The van der Waals surface area contributed by atoms with Crippen LogP contribution >= 0.6 is 0 Å². The maximum atomic E-state index is 12.8. The van der Waals surface area contributed by atoms with Crippen LogP contribution in [0.4, 0.5) is 13.2 Å². The van der Waals surface area contributed by atoms with Gasteiger partial charge in [-0.1, -0.05) is 12.1 Å². The van der Waals surface area contributed by atoms with Crippen molar-refractivity contribution in [2.45, 2.75) is 26.1 Å². The zero-order valence-electron chi connectivity index (χ0n) is 13.8. The molecule has 0 aliphatic rings. The molecule has 2 heterocycles. The van der Waals surface area contributed by atoms with Crippen molar-refractivity contribution in [2.75, 3.05) is 0 Å². The van der Waals surface area contributed by atoms with Gasteiger partial charge < -0.3 is 14.7 Å². The molecule has 6 nitrogen and oxygen atoms in total. The summed E-state index contributed by atoms with van der Waals surface area (Å²) in [5, 5.41) is 2.59. The molecular formula is C17H14F3N3O3. The van der Waals surface area contributed by atoms with Crippen LogP contribution in [0.5, 0.6) is 0 Å². The number of hydrogen-bond donors (Lipinski definition) is 2. The fourth-order valence-corrected chi connectivity index (χ4v) is 2.66. The number of aromatic nitrogens is 2. The summed E-state index contributed by atoms with van der Waals surface area (Å²) in [5.41, 5.74) is -1.03. The van der Waals surface area contributed by atoms with Gasteiger partial charge in [-0.25, -0.2) is 4.98 Å². The number of carbonyl (C=O) groups excluding carboxylic acids is 1. The number of halogens is 3. The summed E-state index contributed by atoms with van der Waals surface area (Å²) in [5.74, 6) is -0.442. The van der Waals surface area contributed by atoms with Crippen LogP contribution in [-0.2, 0) is 6.18 Å². The number of alkyl halides is 3. The Hall–Kier alpha value is -3.10. The van der Waals surface area contributed by atoms with Crippen LogP contribution < -0.4 is 10.9 Å². The Morgan fingerprint density at radius 2 is 2.08 bits per heavy atom. The molecule has 1 aromatic carbocycles. The van der Waals surface area contributed by atoms with Gasteiger partial charge in [0.25, 0.3) is 11.5 Å². The summed E-state index contributed by atoms with van der Waals surface area (Å²) in [6, 6.07) is 3.96. The topological polar surface area (TPSA) is 88.0 Å². The maximum absolute atomic E-state index is 12.8. The van der Waals surface area contributed by atoms with Crippen molar-refractivity contribution in [3.8, 4) is 0 Å². The molecule has 26 heavy (non-hydrogen) atoms. The van der Waals surface area contributed by atoms with Crippen molar-refractivity contribution in [1.82, 2.24) is 15.3 Å². The van der Waals surface area contributed by atoms with Crippen molar-refractivity contribution in [3.63, 3.8) is 0 Å². The van der Waals surface area contributed by atoms with Gasteiger partial charge in [-0.15, -0.1) is 0 Å². The summed E-state index contributed by atoms with van der Waals surface area (Å²) < 4.78 is 43.8. The van der Waals surface area contributed by atoms with Crippen molar-refractivity contribution in [1.29, 1.82) is 0 Å². The van der Waals surface area contributed by atoms with Crippen molar-refractivity contribution >= 4 is 17.0 Å².